The van der Waals surface area contributed by atoms with E-state index in [9.17, 15) is 4.79 Å². The van der Waals surface area contributed by atoms with Crippen LogP contribution in [0.4, 0.5) is 0 Å². The first-order chi connectivity index (χ1) is 12.1. The lowest BCUT2D eigenvalue weighted by atomic mass is 9.93. The molecular weight excluding hydrogens is 340 g/mol. The Bertz CT molecular complexity index is 909. The lowest BCUT2D eigenvalue weighted by molar-refractivity contribution is 0.0684. The highest BCUT2D eigenvalue weighted by atomic mass is 35.5. The fourth-order valence-electron chi connectivity index (χ4n) is 3.32. The summed E-state index contributed by atoms with van der Waals surface area (Å²) in [6.07, 6.45) is 8.08. The largest absolute Gasteiger partial charge is 0.337 e. The van der Waals surface area contributed by atoms with Crippen molar-refractivity contribution >= 4 is 23.2 Å². The molecular formula is C17H19ClN6O. The standard InChI is InChI=1S/C17H19ClN6O/c1-22-11-19-21-16(22)8-12-4-6-23(7-5-12)17(25)14-10-24-9-13(18)2-3-15(24)20-14/h2-3,9-12H,4-8H2,1H3. The molecule has 0 radical (unpaired) electrons. The minimum absolute atomic E-state index is 0.0167. The van der Waals surface area contributed by atoms with Gasteiger partial charge in [0.05, 0.1) is 5.02 Å². The number of nitrogens with zero attached hydrogens (tertiary/aromatic N) is 6. The van der Waals surface area contributed by atoms with E-state index in [0.29, 0.717) is 16.6 Å². The van der Waals surface area contributed by atoms with Crippen molar-refractivity contribution < 1.29 is 4.79 Å². The second-order valence-corrected chi connectivity index (χ2v) is 6.97. The summed E-state index contributed by atoms with van der Waals surface area (Å²) in [6, 6.07) is 3.59. The topological polar surface area (TPSA) is 68.3 Å². The molecule has 4 heterocycles. The smallest absolute Gasteiger partial charge is 0.274 e. The van der Waals surface area contributed by atoms with Gasteiger partial charge in [0, 0.05) is 39.0 Å². The first-order valence-corrected chi connectivity index (χ1v) is 8.74. The van der Waals surface area contributed by atoms with Gasteiger partial charge in [-0.2, -0.15) is 0 Å². The predicted octanol–water partition coefficient (Wildman–Crippen LogP) is 2.21. The van der Waals surface area contributed by atoms with E-state index in [1.165, 1.54) is 0 Å². The number of rotatable bonds is 3. The van der Waals surface area contributed by atoms with Crippen LogP contribution in [0.5, 0.6) is 0 Å². The number of carbonyl (C=O) groups excluding carboxylic acids is 1. The van der Waals surface area contributed by atoms with E-state index in [1.54, 1.807) is 29.2 Å². The highest BCUT2D eigenvalue weighted by Gasteiger charge is 2.26. The van der Waals surface area contributed by atoms with Crippen LogP contribution < -0.4 is 0 Å². The number of likely N-dealkylation sites (tertiary alicyclic amines) is 1. The Morgan fingerprint density at radius 3 is 2.80 bits per heavy atom. The molecule has 0 atom stereocenters. The van der Waals surface area contributed by atoms with E-state index < -0.39 is 0 Å². The van der Waals surface area contributed by atoms with Crippen LogP contribution in [0.2, 0.25) is 5.02 Å². The van der Waals surface area contributed by atoms with Crippen LogP contribution in [0.1, 0.15) is 29.2 Å². The number of aromatic nitrogens is 5. The third-order valence-corrected chi connectivity index (χ3v) is 5.04. The Morgan fingerprint density at radius 2 is 2.08 bits per heavy atom. The molecule has 1 saturated heterocycles. The lowest BCUT2D eigenvalue weighted by Crippen LogP contribution is -2.39. The van der Waals surface area contributed by atoms with E-state index in [4.69, 9.17) is 11.6 Å². The molecule has 0 aliphatic carbocycles. The molecule has 7 nitrogen and oxygen atoms in total. The van der Waals surface area contributed by atoms with E-state index in [2.05, 4.69) is 15.2 Å². The van der Waals surface area contributed by atoms with Gasteiger partial charge in [0.25, 0.3) is 5.91 Å². The van der Waals surface area contributed by atoms with Crippen molar-refractivity contribution in [1.29, 1.82) is 0 Å². The normalized spacial score (nSPS) is 15.8. The molecule has 1 aliphatic heterocycles. The highest BCUT2D eigenvalue weighted by molar-refractivity contribution is 6.30. The van der Waals surface area contributed by atoms with Crippen LogP contribution in [0, 0.1) is 5.92 Å². The van der Waals surface area contributed by atoms with Crippen molar-refractivity contribution in [3.05, 3.63) is 47.4 Å². The van der Waals surface area contributed by atoms with Gasteiger partial charge in [-0.25, -0.2) is 4.98 Å². The molecule has 0 saturated carbocycles. The van der Waals surface area contributed by atoms with Gasteiger partial charge < -0.3 is 13.9 Å². The van der Waals surface area contributed by atoms with Gasteiger partial charge >= 0.3 is 0 Å². The Morgan fingerprint density at radius 1 is 1.28 bits per heavy atom. The molecule has 1 aliphatic rings. The number of imidazole rings is 1. The average molecular weight is 359 g/mol. The number of pyridine rings is 1. The highest BCUT2D eigenvalue weighted by Crippen LogP contribution is 2.22. The zero-order valence-corrected chi connectivity index (χ0v) is 14.7. The maximum Gasteiger partial charge on any atom is 0.274 e. The quantitative estimate of drug-likeness (QED) is 0.720. The SMILES string of the molecule is Cn1cnnc1CC1CCN(C(=O)c2cn3cc(Cl)ccc3n2)CC1. The minimum atomic E-state index is -0.0167. The average Bonchev–Trinajstić information content (AvgIpc) is 3.21. The van der Waals surface area contributed by atoms with Crippen molar-refractivity contribution in [2.24, 2.45) is 13.0 Å². The van der Waals surface area contributed by atoms with E-state index in [1.807, 2.05) is 22.6 Å². The minimum Gasteiger partial charge on any atom is -0.337 e. The summed E-state index contributed by atoms with van der Waals surface area (Å²) >= 11 is 5.99. The molecule has 3 aromatic heterocycles. The Kier molecular flexibility index (Phi) is 4.17. The molecule has 0 unspecified atom stereocenters. The number of piperidine rings is 1. The van der Waals surface area contributed by atoms with Crippen LogP contribution >= 0.6 is 11.6 Å². The lowest BCUT2D eigenvalue weighted by Gasteiger charge is -2.31. The predicted molar refractivity (Wildman–Crippen MR) is 93.5 cm³/mol. The molecule has 1 amide bonds. The second-order valence-electron chi connectivity index (χ2n) is 6.54. The molecule has 1 fully saturated rings. The number of fused-ring (bicyclic) bond motifs is 1. The van der Waals surface area contributed by atoms with Gasteiger partial charge in [-0.05, 0) is 30.9 Å². The van der Waals surface area contributed by atoms with Crippen LogP contribution in [-0.2, 0) is 13.5 Å². The summed E-state index contributed by atoms with van der Waals surface area (Å²) in [5.41, 5.74) is 1.19. The molecule has 0 N–H and O–H groups in total. The number of carbonyl (C=O) groups is 1. The zero-order valence-electron chi connectivity index (χ0n) is 14.0. The molecule has 25 heavy (non-hydrogen) atoms. The third kappa shape index (κ3) is 3.24. The second kappa shape index (κ2) is 6.48. The van der Waals surface area contributed by atoms with Crippen molar-refractivity contribution in [1.82, 2.24) is 29.0 Å². The summed E-state index contributed by atoms with van der Waals surface area (Å²) in [7, 11) is 1.96. The molecule has 8 heteroatoms. The Labute approximate surface area is 150 Å². The van der Waals surface area contributed by atoms with Gasteiger partial charge in [-0.3, -0.25) is 4.79 Å². The molecule has 0 aromatic carbocycles. The molecule has 0 spiro atoms. The monoisotopic (exact) mass is 358 g/mol. The van der Waals surface area contributed by atoms with Gasteiger partial charge in [-0.15, -0.1) is 10.2 Å². The van der Waals surface area contributed by atoms with Gasteiger partial charge in [0.1, 0.15) is 23.5 Å². The Hall–Kier alpha value is -2.41. The van der Waals surface area contributed by atoms with Crippen molar-refractivity contribution in [2.45, 2.75) is 19.3 Å². The molecule has 0 bridgehead atoms. The first-order valence-electron chi connectivity index (χ1n) is 8.36. The van der Waals surface area contributed by atoms with Gasteiger partial charge in [-0.1, -0.05) is 11.6 Å². The fraction of sp³-hybridized carbons (Fsp3) is 0.412. The number of hydrogen-bond acceptors (Lipinski definition) is 4. The van der Waals surface area contributed by atoms with Crippen molar-refractivity contribution in [2.75, 3.05) is 13.1 Å². The maximum atomic E-state index is 12.7. The van der Waals surface area contributed by atoms with Gasteiger partial charge in [0.2, 0.25) is 0 Å². The molecule has 4 rings (SSSR count). The van der Waals surface area contributed by atoms with E-state index in [-0.39, 0.29) is 5.91 Å². The number of aryl methyl sites for hydroxylation is 1. The zero-order chi connectivity index (χ0) is 17.4. The Balaban J connectivity index is 1.41. The molecule has 130 valence electrons. The summed E-state index contributed by atoms with van der Waals surface area (Å²) in [5.74, 6) is 1.52. The van der Waals surface area contributed by atoms with Crippen LogP contribution in [-0.4, -0.2) is 48.0 Å². The summed E-state index contributed by atoms with van der Waals surface area (Å²) in [6.45, 7) is 1.49. The van der Waals surface area contributed by atoms with Crippen LogP contribution in [0.15, 0.2) is 30.9 Å². The summed E-state index contributed by atoms with van der Waals surface area (Å²) in [5, 5.41) is 8.70. The third-order valence-electron chi connectivity index (χ3n) is 4.81. The van der Waals surface area contributed by atoms with Crippen LogP contribution in [0.25, 0.3) is 5.65 Å². The summed E-state index contributed by atoms with van der Waals surface area (Å²) < 4.78 is 3.75. The number of halogens is 1. The van der Waals surface area contributed by atoms with Crippen molar-refractivity contribution in [3.8, 4) is 0 Å². The fourth-order valence-corrected chi connectivity index (χ4v) is 3.49. The van der Waals surface area contributed by atoms with Crippen LogP contribution in [0.3, 0.4) is 0 Å². The first kappa shape index (κ1) is 16.1. The van der Waals surface area contributed by atoms with Gasteiger partial charge in [0.15, 0.2) is 0 Å². The van der Waals surface area contributed by atoms with E-state index in [0.717, 1.165) is 43.8 Å². The molecule has 3 aromatic rings. The van der Waals surface area contributed by atoms with Crippen molar-refractivity contribution in [3.63, 3.8) is 0 Å². The maximum absolute atomic E-state index is 12.7. The number of hydrogen-bond donors (Lipinski definition) is 0. The summed E-state index contributed by atoms with van der Waals surface area (Å²) in [4.78, 5) is 19.0. The van der Waals surface area contributed by atoms with E-state index >= 15 is 0 Å². The number of amides is 1.